The van der Waals surface area contributed by atoms with E-state index in [4.69, 9.17) is 16.7 Å². The number of benzene rings is 1. The van der Waals surface area contributed by atoms with Crippen molar-refractivity contribution in [2.45, 2.75) is 27.2 Å². The van der Waals surface area contributed by atoms with Crippen molar-refractivity contribution in [1.82, 2.24) is 5.32 Å². The maximum Gasteiger partial charge on any atom is 0.322 e. The van der Waals surface area contributed by atoms with Gasteiger partial charge >= 0.3 is 5.97 Å². The van der Waals surface area contributed by atoms with Gasteiger partial charge in [-0.1, -0.05) is 32.4 Å². The summed E-state index contributed by atoms with van der Waals surface area (Å²) >= 11 is 6.01. The highest BCUT2D eigenvalue weighted by Gasteiger charge is 2.19. The maximum atomic E-state index is 14.0. The van der Waals surface area contributed by atoms with Crippen LogP contribution in [0.4, 0.5) is 4.39 Å². The monoisotopic (exact) mass is 301 g/mol. The molecule has 1 aromatic rings. The highest BCUT2D eigenvalue weighted by atomic mass is 35.5. The van der Waals surface area contributed by atoms with Crippen LogP contribution >= 0.6 is 11.6 Å². The zero-order chi connectivity index (χ0) is 15.5. The minimum Gasteiger partial charge on any atom is -0.480 e. The summed E-state index contributed by atoms with van der Waals surface area (Å²) in [5.74, 6) is -2.40. The van der Waals surface area contributed by atoms with Gasteiger partial charge in [0.15, 0.2) is 0 Å². The molecule has 0 bridgehead atoms. The Kier molecular flexibility index (Phi) is 5.11. The molecule has 0 saturated heterocycles. The van der Waals surface area contributed by atoms with E-state index < -0.39 is 24.2 Å². The molecule has 0 aliphatic heterocycles. The van der Waals surface area contributed by atoms with Crippen molar-refractivity contribution in [1.29, 1.82) is 0 Å². The van der Waals surface area contributed by atoms with Crippen LogP contribution < -0.4 is 5.32 Å². The van der Waals surface area contributed by atoms with Gasteiger partial charge in [0.05, 0.1) is 0 Å². The molecule has 1 amide bonds. The molecule has 20 heavy (non-hydrogen) atoms. The molecular formula is C14H17ClFNO3. The number of nitrogens with one attached hydrogen (secondary N) is 1. The predicted molar refractivity (Wildman–Crippen MR) is 74.5 cm³/mol. The molecule has 0 unspecified atom stereocenters. The van der Waals surface area contributed by atoms with Gasteiger partial charge in [-0.25, -0.2) is 4.39 Å². The molecular weight excluding hydrogens is 285 g/mol. The van der Waals surface area contributed by atoms with Gasteiger partial charge in [0.1, 0.15) is 12.4 Å². The quantitative estimate of drug-likeness (QED) is 0.898. The van der Waals surface area contributed by atoms with E-state index in [-0.39, 0.29) is 16.0 Å². The van der Waals surface area contributed by atoms with E-state index in [0.29, 0.717) is 12.0 Å². The molecule has 0 saturated carbocycles. The zero-order valence-electron chi connectivity index (χ0n) is 11.6. The Hall–Kier alpha value is -1.62. The third-order valence-corrected chi connectivity index (χ3v) is 2.85. The lowest BCUT2D eigenvalue weighted by Crippen LogP contribution is -2.29. The van der Waals surface area contributed by atoms with Gasteiger partial charge in [0.25, 0.3) is 5.91 Å². The molecule has 0 atom stereocenters. The summed E-state index contributed by atoms with van der Waals surface area (Å²) in [7, 11) is 0. The van der Waals surface area contributed by atoms with Crippen LogP contribution in [0.1, 0.15) is 36.7 Å². The third-order valence-electron chi connectivity index (χ3n) is 2.51. The summed E-state index contributed by atoms with van der Waals surface area (Å²) < 4.78 is 14.0. The van der Waals surface area contributed by atoms with Crippen molar-refractivity contribution in [3.63, 3.8) is 0 Å². The molecule has 0 heterocycles. The molecule has 110 valence electrons. The van der Waals surface area contributed by atoms with Gasteiger partial charge in [-0.2, -0.15) is 0 Å². The maximum absolute atomic E-state index is 14.0. The minimum absolute atomic E-state index is 0.00593. The topological polar surface area (TPSA) is 66.4 Å². The largest absolute Gasteiger partial charge is 0.480 e. The molecule has 0 radical (unpaired) electrons. The molecule has 0 aliphatic carbocycles. The smallest absolute Gasteiger partial charge is 0.322 e. The van der Waals surface area contributed by atoms with E-state index in [9.17, 15) is 14.0 Å². The molecule has 0 aliphatic rings. The summed E-state index contributed by atoms with van der Waals surface area (Å²) in [6.45, 7) is 5.34. The SMILES string of the molecule is CC(C)(C)Cc1c(F)cc(C(=O)NCC(=O)O)cc1Cl. The second-order valence-corrected chi connectivity index (χ2v) is 6.14. The molecule has 4 nitrogen and oxygen atoms in total. The fourth-order valence-electron chi connectivity index (χ4n) is 1.69. The summed E-state index contributed by atoms with van der Waals surface area (Å²) in [6, 6.07) is 2.42. The summed E-state index contributed by atoms with van der Waals surface area (Å²) in [6.07, 6.45) is 0.439. The van der Waals surface area contributed by atoms with Gasteiger partial charge in [-0.15, -0.1) is 0 Å². The van der Waals surface area contributed by atoms with Crippen molar-refractivity contribution in [3.8, 4) is 0 Å². The minimum atomic E-state index is -1.17. The second-order valence-electron chi connectivity index (χ2n) is 5.73. The number of carboxylic acid groups (broad SMARTS) is 1. The highest BCUT2D eigenvalue weighted by molar-refractivity contribution is 6.31. The lowest BCUT2D eigenvalue weighted by atomic mass is 9.87. The van der Waals surface area contributed by atoms with E-state index in [2.05, 4.69) is 5.32 Å². The first-order valence-electron chi connectivity index (χ1n) is 6.08. The fraction of sp³-hybridized carbons (Fsp3) is 0.429. The van der Waals surface area contributed by atoms with Crippen LogP contribution in [0.15, 0.2) is 12.1 Å². The van der Waals surface area contributed by atoms with Crippen molar-refractivity contribution in [2.75, 3.05) is 6.54 Å². The molecule has 1 aromatic carbocycles. The first kappa shape index (κ1) is 16.4. The molecule has 0 fully saturated rings. The number of hydrogen-bond donors (Lipinski definition) is 2. The number of hydrogen-bond acceptors (Lipinski definition) is 2. The summed E-state index contributed by atoms with van der Waals surface area (Å²) in [5.41, 5.74) is 0.220. The number of rotatable bonds is 4. The van der Waals surface area contributed by atoms with Crippen LogP contribution in [0.25, 0.3) is 0 Å². The number of aliphatic carboxylic acids is 1. The first-order valence-corrected chi connectivity index (χ1v) is 6.46. The summed E-state index contributed by atoms with van der Waals surface area (Å²) in [5, 5.41) is 10.8. The number of halogens is 2. The average Bonchev–Trinajstić information content (AvgIpc) is 2.29. The second kappa shape index (κ2) is 6.22. The van der Waals surface area contributed by atoms with E-state index in [0.717, 1.165) is 6.07 Å². The Morgan fingerprint density at radius 3 is 2.40 bits per heavy atom. The van der Waals surface area contributed by atoms with E-state index >= 15 is 0 Å². The fourth-order valence-corrected chi connectivity index (χ4v) is 1.97. The van der Waals surface area contributed by atoms with Gasteiger partial charge in [-0.05, 0) is 24.0 Å². The van der Waals surface area contributed by atoms with Crippen LogP contribution in [0, 0.1) is 11.2 Å². The van der Waals surface area contributed by atoms with Crippen LogP contribution in [0.2, 0.25) is 5.02 Å². The van der Waals surface area contributed by atoms with E-state index in [1.807, 2.05) is 20.8 Å². The Bertz CT molecular complexity index is 515. The van der Waals surface area contributed by atoms with Gasteiger partial charge in [0, 0.05) is 16.1 Å². The molecule has 0 spiro atoms. The first-order chi connectivity index (χ1) is 9.10. The molecule has 2 N–H and O–H groups in total. The van der Waals surface area contributed by atoms with Crippen molar-refractivity contribution in [3.05, 3.63) is 34.1 Å². The van der Waals surface area contributed by atoms with Gasteiger partial charge in [0.2, 0.25) is 0 Å². The molecule has 0 aromatic heterocycles. The molecule has 1 rings (SSSR count). The number of amides is 1. The Labute approximate surface area is 121 Å². The highest BCUT2D eigenvalue weighted by Crippen LogP contribution is 2.29. The normalized spacial score (nSPS) is 11.2. The third kappa shape index (κ3) is 4.81. The van der Waals surface area contributed by atoms with Crippen LogP contribution in [0.5, 0.6) is 0 Å². The predicted octanol–water partition coefficient (Wildman–Crippen LogP) is 2.88. The number of carbonyl (C=O) groups is 2. The van der Waals surface area contributed by atoms with Crippen molar-refractivity contribution in [2.24, 2.45) is 5.41 Å². The Morgan fingerprint density at radius 2 is 1.95 bits per heavy atom. The van der Waals surface area contributed by atoms with E-state index in [1.54, 1.807) is 0 Å². The van der Waals surface area contributed by atoms with Crippen molar-refractivity contribution >= 4 is 23.5 Å². The van der Waals surface area contributed by atoms with Crippen LogP contribution in [-0.4, -0.2) is 23.5 Å². The zero-order valence-corrected chi connectivity index (χ0v) is 12.3. The standard InChI is InChI=1S/C14H17ClFNO3/c1-14(2,3)6-9-10(15)4-8(5-11(9)16)13(20)17-7-12(18)19/h4-5H,6-7H2,1-3H3,(H,17,20)(H,18,19). The van der Waals surface area contributed by atoms with E-state index in [1.165, 1.54) is 6.07 Å². The lowest BCUT2D eigenvalue weighted by molar-refractivity contribution is -0.135. The summed E-state index contributed by atoms with van der Waals surface area (Å²) in [4.78, 5) is 22.0. The Balaban J connectivity index is 2.98. The average molecular weight is 302 g/mol. The van der Waals surface area contributed by atoms with Crippen molar-refractivity contribution < 1.29 is 19.1 Å². The van der Waals surface area contributed by atoms with Crippen LogP contribution in [0.3, 0.4) is 0 Å². The number of carboxylic acids is 1. The van der Waals surface area contributed by atoms with Gasteiger partial charge < -0.3 is 10.4 Å². The Morgan fingerprint density at radius 1 is 1.35 bits per heavy atom. The number of carbonyl (C=O) groups excluding carboxylic acids is 1. The molecule has 6 heteroatoms. The lowest BCUT2D eigenvalue weighted by Gasteiger charge is -2.19. The van der Waals surface area contributed by atoms with Crippen LogP contribution in [-0.2, 0) is 11.2 Å². The van der Waals surface area contributed by atoms with Gasteiger partial charge in [-0.3, -0.25) is 9.59 Å².